The number of carboxylic acid groups (broad SMARTS) is 1. The standard InChI is InChI=1S/C38H42NO18/c1-38(6-2-3-7-38)23-9-14(13-39-23)8-16-21(12-22-24(25(16)43)19(42)11-20(53-22)15-4-5-17(40)18(41)10-15)54-36-30(48)27(45)29(47)33(56-36)35(52)57-37-31(49)26(44)28(46)32(55-37)34(50)51/h4-5,9-10,12-13,20,26-33,36-37,40-41,44-49H,2-3,6-8,11H2,1H3,(H,42,43)(H,50,51)/q-1/p+1/t20?,26-,27-,28-,29-,30+,31+,32-,33-,36-,37+/m0/s1. The molecule has 2 aromatic carbocycles. The number of carboxylic acids is 1. The van der Waals surface area contributed by atoms with Crippen molar-refractivity contribution in [1.82, 2.24) is 4.98 Å². The van der Waals surface area contributed by atoms with Crippen molar-refractivity contribution in [1.29, 1.82) is 0 Å². The lowest BCUT2D eigenvalue weighted by molar-refractivity contribution is -0.302. The molecule has 4 heterocycles. The Morgan fingerprint density at radius 1 is 0.860 bits per heavy atom. The Balaban J connectivity index is 1.21. The Hall–Kier alpha value is -4.99. The summed E-state index contributed by atoms with van der Waals surface area (Å²) in [6.45, 7) is 2.12. The Morgan fingerprint density at radius 3 is 2.18 bits per heavy atom. The molecule has 2 saturated heterocycles. The van der Waals surface area contributed by atoms with Gasteiger partial charge in [-0.25, -0.2) is 9.59 Å². The van der Waals surface area contributed by atoms with Crippen LogP contribution in [-0.4, -0.2) is 135 Å². The molecule has 57 heavy (non-hydrogen) atoms. The second-order valence-corrected chi connectivity index (χ2v) is 15.1. The molecule has 1 aliphatic carbocycles. The zero-order valence-electron chi connectivity index (χ0n) is 30.3. The van der Waals surface area contributed by atoms with Gasteiger partial charge >= 0.3 is 17.7 Å². The summed E-state index contributed by atoms with van der Waals surface area (Å²) in [6.07, 6.45) is -16.9. The van der Waals surface area contributed by atoms with Crippen molar-refractivity contribution in [2.75, 3.05) is 0 Å². The fraction of sp³-hybridized carbons (Fsp3) is 0.500. The van der Waals surface area contributed by atoms with E-state index in [0.29, 0.717) is 11.1 Å². The van der Waals surface area contributed by atoms with E-state index in [0.717, 1.165) is 31.4 Å². The van der Waals surface area contributed by atoms with Gasteiger partial charge in [0.1, 0.15) is 66.4 Å². The fourth-order valence-corrected chi connectivity index (χ4v) is 7.75. The number of phenols is 3. The number of aliphatic hydroxyl groups is 6. The van der Waals surface area contributed by atoms with Crippen LogP contribution in [0.5, 0.6) is 28.7 Å². The Kier molecular flexibility index (Phi) is 10.9. The number of aliphatic hydroxyl groups excluding tert-OH is 6. The van der Waals surface area contributed by atoms with Crippen LogP contribution in [0.15, 0.2) is 36.5 Å². The number of aliphatic carboxylic acids is 1. The Bertz CT molecular complexity index is 2030. The molecule has 3 aliphatic heterocycles. The molecule has 308 valence electrons. The number of fused-ring (bicyclic) bond motifs is 1. The monoisotopic (exact) mass is 801 g/mol. The number of nitrogens with zero attached hydrogens (tertiary/aromatic N) is 1. The van der Waals surface area contributed by atoms with Crippen LogP contribution in [0, 0.1) is 0 Å². The lowest BCUT2D eigenvalue weighted by Crippen LogP contribution is -2.63. The van der Waals surface area contributed by atoms with Crippen molar-refractivity contribution in [3.8, 4) is 28.7 Å². The topological polar surface area (TPSA) is 318 Å². The number of hydrogen-bond donors (Lipinski definition) is 10. The number of ether oxygens (including phenoxy) is 5. The van der Waals surface area contributed by atoms with Gasteiger partial charge in [-0.3, -0.25) is 4.79 Å². The van der Waals surface area contributed by atoms with E-state index in [1.807, 2.05) is 6.07 Å². The first-order chi connectivity index (χ1) is 27.0. The smallest absolute Gasteiger partial charge is 0.340 e. The number of phenolic OH excluding ortho intramolecular Hbond substituents is 3. The molecule has 1 saturated carbocycles. The molecule has 0 spiro atoms. The minimum absolute atomic E-state index is 0.0293. The van der Waals surface area contributed by atoms with Gasteiger partial charge in [0.05, 0.1) is 0 Å². The van der Waals surface area contributed by atoms with Crippen LogP contribution < -0.4 is 14.5 Å². The van der Waals surface area contributed by atoms with Gasteiger partial charge in [0.25, 0.3) is 0 Å². The van der Waals surface area contributed by atoms with Crippen molar-refractivity contribution in [2.45, 2.75) is 118 Å². The molecule has 4 aliphatic rings. The molecule has 11 atom stereocenters. The van der Waals surface area contributed by atoms with E-state index < -0.39 is 96.7 Å². The predicted molar refractivity (Wildman–Crippen MR) is 188 cm³/mol. The van der Waals surface area contributed by atoms with Gasteiger partial charge in [0, 0.05) is 18.1 Å². The molecule has 1 aromatic heterocycles. The van der Waals surface area contributed by atoms with Crippen LogP contribution in [0.1, 0.15) is 73.1 Å². The summed E-state index contributed by atoms with van der Waals surface area (Å²) >= 11 is 0. The number of rotatable bonds is 9. The van der Waals surface area contributed by atoms with Crippen molar-refractivity contribution < 1.29 is 89.1 Å². The summed E-state index contributed by atoms with van der Waals surface area (Å²) in [5.41, 5.74) is 1.60. The average Bonchev–Trinajstić information content (AvgIpc) is 3.84. The molecule has 0 amide bonds. The molecule has 3 aromatic rings. The lowest BCUT2D eigenvalue weighted by atomic mass is 9.85. The summed E-state index contributed by atoms with van der Waals surface area (Å²) in [6, 6.07) is 7.05. The van der Waals surface area contributed by atoms with Gasteiger partial charge < -0.3 is 79.7 Å². The quantitative estimate of drug-likeness (QED) is 0.0721. The van der Waals surface area contributed by atoms with Crippen molar-refractivity contribution in [3.05, 3.63) is 64.5 Å². The second-order valence-electron chi connectivity index (χ2n) is 15.1. The van der Waals surface area contributed by atoms with Gasteiger partial charge in [-0.15, -0.1) is 0 Å². The van der Waals surface area contributed by atoms with E-state index in [1.54, 1.807) is 6.20 Å². The minimum Gasteiger partial charge on any atom is -0.667 e. The number of aromatic hydroxyl groups is 3. The van der Waals surface area contributed by atoms with Crippen molar-refractivity contribution in [2.24, 2.45) is 0 Å². The molecule has 11 N–H and O–H groups in total. The summed E-state index contributed by atoms with van der Waals surface area (Å²) in [5, 5.41) is 104. The molecule has 19 heteroatoms. The van der Waals surface area contributed by atoms with Gasteiger partial charge in [0.15, 0.2) is 29.3 Å². The largest absolute Gasteiger partial charge is 0.667 e. The third-order valence-electron chi connectivity index (χ3n) is 11.1. The van der Waals surface area contributed by atoms with Crippen molar-refractivity contribution >= 4 is 17.7 Å². The first-order valence-electron chi connectivity index (χ1n) is 18.2. The molecular weight excluding hydrogens is 758 g/mol. The SMILES string of the molecule is CC1(c2cc(Cc3c(O[C@H]4O[C@H](C(=O)O[C@H]5O[C@H](C(=O)O)[C@@H](O)[C@H](O)[C@H]5O)[C@@H](O)[C@H](O)[C@H]4O)cc4c(c3O)C(=[OH+])CC(c3ccc(O)c(O)c3)O4)c[n-]2)CCCC1. The molecule has 19 nitrogen and oxygen atoms in total. The lowest BCUT2D eigenvalue weighted by Gasteiger charge is -2.41. The Morgan fingerprint density at radius 2 is 1.51 bits per heavy atom. The van der Waals surface area contributed by atoms with E-state index in [4.69, 9.17) is 23.7 Å². The zero-order valence-corrected chi connectivity index (χ0v) is 30.3. The van der Waals surface area contributed by atoms with Crippen LogP contribution >= 0.6 is 0 Å². The maximum Gasteiger partial charge on any atom is 0.340 e. The average molecular weight is 802 g/mol. The van der Waals surface area contributed by atoms with E-state index in [9.17, 15) is 65.4 Å². The van der Waals surface area contributed by atoms with E-state index in [-0.39, 0.29) is 46.7 Å². The van der Waals surface area contributed by atoms with Gasteiger partial charge in [-0.1, -0.05) is 37.5 Å². The number of aromatic nitrogens is 1. The summed E-state index contributed by atoms with van der Waals surface area (Å²) < 4.78 is 27.8. The number of benzene rings is 2. The highest BCUT2D eigenvalue weighted by Crippen LogP contribution is 2.47. The van der Waals surface area contributed by atoms with E-state index >= 15 is 0 Å². The van der Waals surface area contributed by atoms with Crippen LogP contribution in [0.2, 0.25) is 0 Å². The molecule has 7 rings (SSSR count). The first-order valence-corrected chi connectivity index (χ1v) is 18.2. The first kappa shape index (κ1) is 40.2. The van der Waals surface area contributed by atoms with Crippen LogP contribution in [0.4, 0.5) is 0 Å². The third kappa shape index (κ3) is 7.48. The second kappa shape index (κ2) is 15.4. The van der Waals surface area contributed by atoms with Crippen LogP contribution in [-0.2, 0) is 35.6 Å². The maximum absolute atomic E-state index is 13.3. The molecular formula is C38H43NO18. The number of ketones is 1. The van der Waals surface area contributed by atoms with E-state index in [2.05, 4.69) is 11.9 Å². The predicted octanol–water partition coefficient (Wildman–Crippen LogP) is -0.778. The van der Waals surface area contributed by atoms with E-state index in [1.165, 1.54) is 24.3 Å². The molecule has 3 fully saturated rings. The third-order valence-corrected chi connectivity index (χ3v) is 11.1. The molecule has 0 bridgehead atoms. The molecule has 1 unspecified atom stereocenters. The Labute approximate surface area is 323 Å². The number of hydrogen-bond acceptors (Lipinski definition) is 16. The van der Waals surface area contributed by atoms with Gasteiger partial charge in [-0.05, 0) is 36.0 Å². The highest BCUT2D eigenvalue weighted by molar-refractivity contribution is 6.04. The summed E-state index contributed by atoms with van der Waals surface area (Å²) in [5.74, 6) is -5.34. The number of carbonyl (C=O) groups is 2. The number of esters is 1. The van der Waals surface area contributed by atoms with Gasteiger partial charge in [-0.2, -0.15) is 11.9 Å². The van der Waals surface area contributed by atoms with Gasteiger partial charge in [0.2, 0.25) is 12.6 Å². The highest BCUT2D eigenvalue weighted by Gasteiger charge is 2.53. The van der Waals surface area contributed by atoms with Crippen molar-refractivity contribution in [3.63, 3.8) is 0 Å². The summed E-state index contributed by atoms with van der Waals surface area (Å²) in [4.78, 5) is 40.7. The summed E-state index contributed by atoms with van der Waals surface area (Å²) in [7, 11) is 0. The maximum atomic E-state index is 13.3. The highest BCUT2D eigenvalue weighted by atomic mass is 16.7. The van der Waals surface area contributed by atoms with Crippen LogP contribution in [0.3, 0.4) is 0 Å². The minimum atomic E-state index is -2.20. The number of carbonyl (C=O) groups excluding carboxylic acids is 2. The zero-order chi connectivity index (χ0) is 41.1. The van der Waals surface area contributed by atoms with Crippen LogP contribution in [0.25, 0.3) is 0 Å². The normalized spacial score (nSPS) is 32.3. The molecule has 0 radical (unpaired) electrons. The fourth-order valence-electron chi connectivity index (χ4n) is 7.75.